The van der Waals surface area contributed by atoms with Gasteiger partial charge >= 0.3 is 5.97 Å². The summed E-state index contributed by atoms with van der Waals surface area (Å²) >= 11 is 0. The molecule has 0 spiro atoms. The average molecular weight is 276 g/mol. The standard InChI is InChI=1S/C16H24N2O2/c1-4-18(14-8-6-5-7-12(14)2)11-16(3,15(19)20)17-13-9-10-13/h5-8,13,17H,4,9-11H2,1-3H3,(H,19,20). The van der Waals surface area contributed by atoms with Crippen molar-refractivity contribution in [1.29, 1.82) is 0 Å². The Balaban J connectivity index is 2.18. The number of para-hydroxylation sites is 1. The third kappa shape index (κ3) is 3.31. The number of nitrogens with one attached hydrogen (secondary N) is 1. The second-order valence-corrected chi connectivity index (χ2v) is 5.86. The maximum atomic E-state index is 11.7. The minimum Gasteiger partial charge on any atom is -0.480 e. The predicted octanol–water partition coefficient (Wildman–Crippen LogP) is 2.42. The lowest BCUT2D eigenvalue weighted by molar-refractivity contribution is -0.143. The fraction of sp³-hybridized carbons (Fsp3) is 0.562. The van der Waals surface area contributed by atoms with Crippen molar-refractivity contribution in [3.63, 3.8) is 0 Å². The first kappa shape index (κ1) is 14.9. The molecule has 4 heteroatoms. The molecule has 0 radical (unpaired) electrons. The van der Waals surface area contributed by atoms with Crippen LogP contribution in [0.25, 0.3) is 0 Å². The lowest BCUT2D eigenvalue weighted by atomic mass is 10.0. The summed E-state index contributed by atoms with van der Waals surface area (Å²) in [6, 6.07) is 8.48. The molecule has 1 aliphatic rings. The lowest BCUT2D eigenvalue weighted by Crippen LogP contribution is -2.58. The minimum absolute atomic E-state index is 0.367. The molecule has 1 fully saturated rings. The van der Waals surface area contributed by atoms with E-state index in [0.29, 0.717) is 12.6 Å². The fourth-order valence-corrected chi connectivity index (χ4v) is 2.52. The van der Waals surface area contributed by atoms with E-state index < -0.39 is 11.5 Å². The Bertz CT molecular complexity index is 485. The molecule has 0 aromatic heterocycles. The number of aliphatic carboxylic acids is 1. The molecule has 0 heterocycles. The zero-order chi connectivity index (χ0) is 14.8. The van der Waals surface area contributed by atoms with Crippen LogP contribution in [0.15, 0.2) is 24.3 Å². The monoisotopic (exact) mass is 276 g/mol. The Morgan fingerprint density at radius 3 is 2.60 bits per heavy atom. The Labute approximate surface area is 120 Å². The van der Waals surface area contributed by atoms with Gasteiger partial charge in [-0.25, -0.2) is 0 Å². The third-order valence-corrected chi connectivity index (χ3v) is 3.92. The van der Waals surface area contributed by atoms with Crippen LogP contribution in [0.3, 0.4) is 0 Å². The van der Waals surface area contributed by atoms with Gasteiger partial charge in [0.1, 0.15) is 5.54 Å². The van der Waals surface area contributed by atoms with Crippen LogP contribution >= 0.6 is 0 Å². The van der Waals surface area contributed by atoms with E-state index in [4.69, 9.17) is 0 Å². The van der Waals surface area contributed by atoms with E-state index in [0.717, 1.165) is 25.1 Å². The summed E-state index contributed by atoms with van der Waals surface area (Å²) in [6.45, 7) is 7.17. The Morgan fingerprint density at radius 2 is 2.10 bits per heavy atom. The van der Waals surface area contributed by atoms with Gasteiger partial charge in [0.15, 0.2) is 0 Å². The van der Waals surface area contributed by atoms with Gasteiger partial charge in [-0.05, 0) is 45.2 Å². The number of carboxylic acid groups (broad SMARTS) is 1. The zero-order valence-electron chi connectivity index (χ0n) is 12.5. The molecule has 0 bridgehead atoms. The van der Waals surface area contributed by atoms with E-state index in [1.165, 1.54) is 5.56 Å². The Kier molecular flexibility index (Phi) is 4.33. The summed E-state index contributed by atoms with van der Waals surface area (Å²) in [7, 11) is 0. The molecule has 1 atom stereocenters. The van der Waals surface area contributed by atoms with Crippen LogP contribution in [-0.4, -0.2) is 35.7 Å². The molecular weight excluding hydrogens is 252 g/mol. The second kappa shape index (κ2) is 5.83. The number of hydrogen-bond acceptors (Lipinski definition) is 3. The van der Waals surface area contributed by atoms with E-state index in [2.05, 4.69) is 36.2 Å². The zero-order valence-corrected chi connectivity index (χ0v) is 12.5. The van der Waals surface area contributed by atoms with Gasteiger partial charge < -0.3 is 10.0 Å². The first-order valence-corrected chi connectivity index (χ1v) is 7.28. The number of likely N-dealkylation sites (N-methyl/N-ethyl adjacent to an activating group) is 1. The number of anilines is 1. The van der Waals surface area contributed by atoms with Crippen LogP contribution in [-0.2, 0) is 4.79 Å². The normalized spacial score (nSPS) is 17.6. The predicted molar refractivity (Wildman–Crippen MR) is 81.3 cm³/mol. The molecule has 110 valence electrons. The minimum atomic E-state index is -0.903. The Hall–Kier alpha value is -1.55. The van der Waals surface area contributed by atoms with Crippen LogP contribution in [0.5, 0.6) is 0 Å². The molecule has 1 unspecified atom stereocenters. The van der Waals surface area contributed by atoms with E-state index in [9.17, 15) is 9.90 Å². The fourth-order valence-electron chi connectivity index (χ4n) is 2.52. The highest BCUT2D eigenvalue weighted by molar-refractivity contribution is 5.79. The molecule has 0 amide bonds. The summed E-state index contributed by atoms with van der Waals surface area (Å²) in [5, 5.41) is 12.9. The van der Waals surface area contributed by atoms with Crippen molar-refractivity contribution in [2.75, 3.05) is 18.0 Å². The largest absolute Gasteiger partial charge is 0.480 e. The van der Waals surface area contributed by atoms with Crippen LogP contribution in [0, 0.1) is 6.92 Å². The van der Waals surface area contributed by atoms with E-state index in [1.54, 1.807) is 6.92 Å². The smallest absolute Gasteiger partial charge is 0.325 e. The number of aryl methyl sites for hydroxylation is 1. The van der Waals surface area contributed by atoms with Gasteiger partial charge in [-0.3, -0.25) is 10.1 Å². The molecule has 4 nitrogen and oxygen atoms in total. The number of benzene rings is 1. The lowest BCUT2D eigenvalue weighted by Gasteiger charge is -2.34. The van der Waals surface area contributed by atoms with Gasteiger partial charge in [0.2, 0.25) is 0 Å². The first-order chi connectivity index (χ1) is 9.46. The van der Waals surface area contributed by atoms with Crippen LogP contribution < -0.4 is 10.2 Å². The van der Waals surface area contributed by atoms with E-state index >= 15 is 0 Å². The summed E-state index contributed by atoms with van der Waals surface area (Å²) < 4.78 is 0. The third-order valence-electron chi connectivity index (χ3n) is 3.92. The molecule has 0 saturated heterocycles. The topological polar surface area (TPSA) is 52.6 Å². The molecule has 20 heavy (non-hydrogen) atoms. The number of hydrogen-bond donors (Lipinski definition) is 2. The van der Waals surface area contributed by atoms with Crippen molar-refractivity contribution in [2.24, 2.45) is 0 Å². The number of carboxylic acids is 1. The van der Waals surface area contributed by atoms with Crippen molar-refractivity contribution >= 4 is 11.7 Å². The van der Waals surface area contributed by atoms with Gasteiger partial charge in [0.25, 0.3) is 0 Å². The first-order valence-electron chi connectivity index (χ1n) is 7.28. The highest BCUT2D eigenvalue weighted by atomic mass is 16.4. The average Bonchev–Trinajstić information content (AvgIpc) is 3.20. The molecule has 2 N–H and O–H groups in total. The quantitative estimate of drug-likeness (QED) is 0.803. The maximum Gasteiger partial charge on any atom is 0.325 e. The second-order valence-electron chi connectivity index (χ2n) is 5.86. The van der Waals surface area contributed by atoms with Gasteiger partial charge in [0, 0.05) is 24.8 Å². The molecule has 1 aromatic rings. The van der Waals surface area contributed by atoms with Gasteiger partial charge in [-0.2, -0.15) is 0 Å². The van der Waals surface area contributed by atoms with Gasteiger partial charge in [-0.1, -0.05) is 18.2 Å². The molecule has 1 aromatic carbocycles. The number of carbonyl (C=O) groups is 1. The summed E-state index contributed by atoms with van der Waals surface area (Å²) in [6.07, 6.45) is 2.17. The molecule has 1 saturated carbocycles. The van der Waals surface area contributed by atoms with Crippen molar-refractivity contribution in [3.05, 3.63) is 29.8 Å². The van der Waals surface area contributed by atoms with Gasteiger partial charge in [0.05, 0.1) is 0 Å². The molecule has 2 rings (SSSR count). The summed E-state index contributed by atoms with van der Waals surface area (Å²) in [5.41, 5.74) is 1.38. The van der Waals surface area contributed by atoms with Crippen LogP contribution in [0.1, 0.15) is 32.3 Å². The van der Waals surface area contributed by atoms with Crippen molar-refractivity contribution in [3.8, 4) is 0 Å². The van der Waals surface area contributed by atoms with Crippen molar-refractivity contribution in [2.45, 2.75) is 45.2 Å². The number of rotatable bonds is 7. The SMILES string of the molecule is CCN(CC(C)(NC1CC1)C(=O)O)c1ccccc1C. The summed E-state index contributed by atoms with van der Waals surface area (Å²) in [4.78, 5) is 13.8. The van der Waals surface area contributed by atoms with Crippen molar-refractivity contribution < 1.29 is 9.90 Å². The molecular formula is C16H24N2O2. The highest BCUT2D eigenvalue weighted by Gasteiger charge is 2.39. The van der Waals surface area contributed by atoms with Crippen LogP contribution in [0.2, 0.25) is 0 Å². The van der Waals surface area contributed by atoms with E-state index in [1.807, 2.05) is 12.1 Å². The van der Waals surface area contributed by atoms with E-state index in [-0.39, 0.29) is 0 Å². The number of nitrogens with zero attached hydrogens (tertiary/aromatic N) is 1. The maximum absolute atomic E-state index is 11.7. The van der Waals surface area contributed by atoms with Crippen molar-refractivity contribution in [1.82, 2.24) is 5.32 Å². The van der Waals surface area contributed by atoms with Gasteiger partial charge in [-0.15, -0.1) is 0 Å². The Morgan fingerprint density at radius 1 is 1.45 bits per heavy atom. The van der Waals surface area contributed by atoms with Crippen LogP contribution in [0.4, 0.5) is 5.69 Å². The molecule has 1 aliphatic carbocycles. The summed E-state index contributed by atoms with van der Waals surface area (Å²) in [5.74, 6) is -0.781. The molecule has 0 aliphatic heterocycles. The highest BCUT2D eigenvalue weighted by Crippen LogP contribution is 2.26.